The molecule has 1 fully saturated rings. The number of carbonyl (C=O) groups is 1. The van der Waals surface area contributed by atoms with Crippen molar-refractivity contribution in [3.63, 3.8) is 0 Å². The molecule has 0 spiro atoms. The predicted octanol–water partition coefficient (Wildman–Crippen LogP) is 6.00. The van der Waals surface area contributed by atoms with E-state index in [-0.39, 0.29) is 4.90 Å². The number of aromatic nitrogens is 2. The number of hydrogen-bond donors (Lipinski definition) is 2. The van der Waals surface area contributed by atoms with Gasteiger partial charge in [-0.3, -0.25) is 9.69 Å². The summed E-state index contributed by atoms with van der Waals surface area (Å²) in [6.07, 6.45) is 12.6. The van der Waals surface area contributed by atoms with Crippen LogP contribution in [0, 0.1) is 6.92 Å². The van der Waals surface area contributed by atoms with E-state index in [0.717, 1.165) is 86.3 Å². The molecule has 0 radical (unpaired) electrons. The molecule has 4 aromatic rings. The molecule has 0 saturated carbocycles. The zero-order valence-corrected chi connectivity index (χ0v) is 28.1. The van der Waals surface area contributed by atoms with Gasteiger partial charge in [-0.2, -0.15) is 0 Å². The van der Waals surface area contributed by atoms with Crippen LogP contribution in [0.25, 0.3) is 5.69 Å². The van der Waals surface area contributed by atoms with Crippen molar-refractivity contribution in [1.82, 2.24) is 19.2 Å². The van der Waals surface area contributed by atoms with E-state index in [1.54, 1.807) is 36.0 Å². The zero-order chi connectivity index (χ0) is 32.6. The summed E-state index contributed by atoms with van der Waals surface area (Å²) in [5, 5.41) is 3.39. The van der Waals surface area contributed by atoms with Crippen molar-refractivity contribution in [2.24, 2.45) is 0 Å². The third-order valence-electron chi connectivity index (χ3n) is 8.37. The van der Waals surface area contributed by atoms with Crippen molar-refractivity contribution in [3.05, 3.63) is 125 Å². The third kappa shape index (κ3) is 8.34. The van der Waals surface area contributed by atoms with Gasteiger partial charge in [-0.25, -0.2) is 18.1 Å². The van der Waals surface area contributed by atoms with Crippen LogP contribution < -0.4 is 14.9 Å². The maximum Gasteiger partial charge on any atom is 0.264 e. The number of imidazole rings is 1. The first-order valence-corrected chi connectivity index (χ1v) is 18.4. The number of carbonyl (C=O) groups excluding carboxylic acids is 1. The summed E-state index contributed by atoms with van der Waals surface area (Å²) in [5.74, 6) is 1.26. The van der Waals surface area contributed by atoms with Crippen LogP contribution in [0.3, 0.4) is 0 Å². The number of sulfonamides is 1. The van der Waals surface area contributed by atoms with Crippen molar-refractivity contribution in [3.8, 4) is 5.69 Å². The number of amides is 1. The third-order valence-corrected chi connectivity index (χ3v) is 10.7. The molecule has 0 unspecified atom stereocenters. The minimum Gasteiger partial charge on any atom is -0.384 e. The largest absolute Gasteiger partial charge is 0.384 e. The number of rotatable bonds is 12. The Kier molecular flexibility index (Phi) is 10.4. The summed E-state index contributed by atoms with van der Waals surface area (Å²) in [6.45, 7) is 6.81. The monoisotopic (exact) mass is 668 g/mol. The summed E-state index contributed by atoms with van der Waals surface area (Å²) in [5.41, 5.74) is 4.06. The molecule has 47 heavy (non-hydrogen) atoms. The number of hydrogen-bond acceptors (Lipinski definition) is 8. The smallest absolute Gasteiger partial charge is 0.264 e. The van der Waals surface area contributed by atoms with Gasteiger partial charge >= 0.3 is 0 Å². The zero-order valence-electron chi connectivity index (χ0n) is 26.5. The summed E-state index contributed by atoms with van der Waals surface area (Å²) < 4.78 is 30.5. The Labute approximate surface area is 281 Å². The first-order chi connectivity index (χ1) is 22.9. The van der Waals surface area contributed by atoms with E-state index >= 15 is 0 Å². The number of benzene rings is 3. The normalized spacial score (nSPS) is 15.3. The Bertz CT molecular complexity index is 1840. The van der Waals surface area contributed by atoms with Gasteiger partial charge in [0.15, 0.2) is 0 Å². The molecular weight excluding hydrogens is 629 g/mol. The quantitative estimate of drug-likeness (QED) is 0.178. The topological polar surface area (TPSA) is 99.6 Å². The summed E-state index contributed by atoms with van der Waals surface area (Å²) in [4.78, 5) is 23.6. The number of allylic oxidation sites excluding steroid dienone is 3. The lowest BCUT2D eigenvalue weighted by Crippen LogP contribution is -2.46. The molecule has 1 saturated heterocycles. The van der Waals surface area contributed by atoms with Crippen LogP contribution in [-0.4, -0.2) is 67.3 Å². The summed E-state index contributed by atoms with van der Waals surface area (Å²) in [7, 11) is -4.04. The van der Waals surface area contributed by atoms with E-state index in [2.05, 4.69) is 59.8 Å². The van der Waals surface area contributed by atoms with Gasteiger partial charge in [0.2, 0.25) is 0 Å². The second-order valence-electron chi connectivity index (χ2n) is 11.6. The number of nitrogens with one attached hydrogen (secondary N) is 2. The van der Waals surface area contributed by atoms with Gasteiger partial charge in [-0.1, -0.05) is 36.4 Å². The minimum absolute atomic E-state index is 0.0569. The van der Waals surface area contributed by atoms with Crippen LogP contribution in [0.2, 0.25) is 0 Å². The standard InChI is InChI=1S/C36H40N6O3S2/c1-28-26-33(16-17-34(28)37-19-25-46-32-10-6-3-7-11-32)47(44,45)39-36(43)29-12-14-30(15-13-29)41-23-21-40(22-24-41)27-35-38-18-20-42(35)31-8-4-2-5-9-31/h2,4-6,8-18,20,26,37H,3,7,19,21-25,27H2,1H3,(H,39,43). The fraction of sp³-hybridized carbons (Fsp3) is 0.278. The number of nitrogens with zero attached hydrogens (tertiary/aromatic N) is 4. The second kappa shape index (κ2) is 15.1. The van der Waals surface area contributed by atoms with Crippen LogP contribution in [0.1, 0.15) is 34.6 Å². The highest BCUT2D eigenvalue weighted by atomic mass is 32.2. The lowest BCUT2D eigenvalue weighted by atomic mass is 10.1. The lowest BCUT2D eigenvalue weighted by molar-refractivity contribution is 0.0981. The number of thioether (sulfide) groups is 1. The Hall–Kier alpha value is -4.32. The fourth-order valence-electron chi connectivity index (χ4n) is 5.76. The van der Waals surface area contributed by atoms with Gasteiger partial charge in [0.05, 0.1) is 11.4 Å². The molecule has 0 bridgehead atoms. The molecule has 1 aliphatic carbocycles. The first kappa shape index (κ1) is 32.6. The van der Waals surface area contributed by atoms with Crippen molar-refractivity contribution in [2.75, 3.05) is 48.7 Å². The molecule has 3 aromatic carbocycles. The molecule has 2 N–H and O–H groups in total. The van der Waals surface area contributed by atoms with Crippen LogP contribution in [0.5, 0.6) is 0 Å². The van der Waals surface area contributed by atoms with Crippen molar-refractivity contribution in [1.29, 1.82) is 0 Å². The molecule has 244 valence electrons. The molecule has 1 aromatic heterocycles. The van der Waals surface area contributed by atoms with E-state index in [9.17, 15) is 13.2 Å². The van der Waals surface area contributed by atoms with E-state index in [4.69, 9.17) is 0 Å². The van der Waals surface area contributed by atoms with Gasteiger partial charge in [0.25, 0.3) is 15.9 Å². The molecular formula is C36H40N6O3S2. The van der Waals surface area contributed by atoms with Gasteiger partial charge in [0, 0.05) is 78.4 Å². The van der Waals surface area contributed by atoms with Crippen molar-refractivity contribution in [2.45, 2.75) is 31.2 Å². The second-order valence-corrected chi connectivity index (χ2v) is 14.5. The van der Waals surface area contributed by atoms with E-state index in [1.165, 1.54) is 11.0 Å². The number of piperazine rings is 1. The average molecular weight is 669 g/mol. The van der Waals surface area contributed by atoms with E-state index in [0.29, 0.717) is 5.56 Å². The van der Waals surface area contributed by atoms with Gasteiger partial charge in [0.1, 0.15) is 5.82 Å². The molecule has 1 aliphatic heterocycles. The number of anilines is 2. The van der Waals surface area contributed by atoms with Gasteiger partial charge < -0.3 is 14.8 Å². The average Bonchev–Trinajstić information content (AvgIpc) is 3.56. The van der Waals surface area contributed by atoms with Gasteiger partial charge in [-0.15, -0.1) is 11.8 Å². The van der Waals surface area contributed by atoms with Crippen molar-refractivity contribution < 1.29 is 13.2 Å². The fourth-order valence-corrected chi connectivity index (χ4v) is 7.68. The highest BCUT2D eigenvalue weighted by Crippen LogP contribution is 2.24. The molecule has 6 rings (SSSR count). The van der Waals surface area contributed by atoms with Crippen LogP contribution in [0.15, 0.2) is 113 Å². The first-order valence-electron chi connectivity index (χ1n) is 15.9. The van der Waals surface area contributed by atoms with Crippen LogP contribution in [0.4, 0.5) is 11.4 Å². The molecule has 2 heterocycles. The highest BCUT2D eigenvalue weighted by molar-refractivity contribution is 8.03. The molecule has 0 atom stereocenters. The lowest BCUT2D eigenvalue weighted by Gasteiger charge is -2.36. The maximum absolute atomic E-state index is 13.1. The number of para-hydroxylation sites is 1. The Balaban J connectivity index is 0.985. The maximum atomic E-state index is 13.1. The molecule has 1 amide bonds. The Morgan fingerprint density at radius 1 is 0.936 bits per heavy atom. The highest BCUT2D eigenvalue weighted by Gasteiger charge is 2.22. The van der Waals surface area contributed by atoms with E-state index < -0.39 is 15.9 Å². The predicted molar refractivity (Wildman–Crippen MR) is 191 cm³/mol. The summed E-state index contributed by atoms with van der Waals surface area (Å²) >= 11 is 1.80. The van der Waals surface area contributed by atoms with Crippen molar-refractivity contribution >= 4 is 39.1 Å². The minimum atomic E-state index is -4.04. The molecule has 11 heteroatoms. The summed E-state index contributed by atoms with van der Waals surface area (Å²) in [6, 6.07) is 22.2. The van der Waals surface area contributed by atoms with Gasteiger partial charge in [-0.05, 0) is 79.9 Å². The molecule has 9 nitrogen and oxygen atoms in total. The Morgan fingerprint density at radius 3 is 2.45 bits per heavy atom. The molecule has 2 aliphatic rings. The number of aryl methyl sites for hydroxylation is 1. The van der Waals surface area contributed by atoms with E-state index in [1.807, 2.05) is 49.6 Å². The Morgan fingerprint density at radius 2 is 1.72 bits per heavy atom. The SMILES string of the molecule is Cc1cc(S(=O)(=O)NC(=O)c2ccc(N3CCN(Cc4nccn4-c4ccccc4)CC3)cc2)ccc1NCCSC1=CCCC=C1. The van der Waals surface area contributed by atoms with Crippen LogP contribution >= 0.6 is 11.8 Å². The van der Waals surface area contributed by atoms with Crippen LogP contribution in [-0.2, 0) is 16.6 Å².